The van der Waals surface area contributed by atoms with E-state index in [9.17, 15) is 0 Å². The van der Waals surface area contributed by atoms with Crippen LogP contribution in [0.25, 0.3) is 0 Å². The molecule has 0 aliphatic heterocycles. The molecule has 1 atom stereocenters. The molecule has 1 unspecified atom stereocenters. The van der Waals surface area contributed by atoms with Crippen molar-refractivity contribution in [2.75, 3.05) is 5.75 Å². The van der Waals surface area contributed by atoms with Crippen LogP contribution in [-0.4, -0.2) is 26.5 Å². The Balaban J connectivity index is 2.29. The molecule has 0 fully saturated rings. The summed E-state index contributed by atoms with van der Waals surface area (Å²) >= 11 is 1.67. The number of aliphatic hydroxyl groups is 1. The van der Waals surface area contributed by atoms with Gasteiger partial charge in [-0.05, 0) is 13.3 Å². The second-order valence-electron chi connectivity index (χ2n) is 2.81. The first-order chi connectivity index (χ1) is 5.70. The van der Waals surface area contributed by atoms with Gasteiger partial charge in [0.25, 0.3) is 0 Å². The number of nitrogens with zero attached hydrogens (tertiary/aromatic N) is 2. The summed E-state index contributed by atoms with van der Waals surface area (Å²) < 4.78 is 1.98. The highest BCUT2D eigenvalue weighted by molar-refractivity contribution is 7.99. The lowest BCUT2D eigenvalue weighted by molar-refractivity contribution is 0.192. The Morgan fingerprint density at radius 3 is 3.00 bits per heavy atom. The molecule has 0 bridgehead atoms. The average molecular weight is 186 g/mol. The summed E-state index contributed by atoms with van der Waals surface area (Å²) in [5.41, 5.74) is 0. The molecule has 0 aliphatic carbocycles. The van der Waals surface area contributed by atoms with Gasteiger partial charge in [-0.2, -0.15) is 0 Å². The maximum absolute atomic E-state index is 9.01. The van der Waals surface area contributed by atoms with Gasteiger partial charge in [-0.3, -0.25) is 0 Å². The third-order valence-electron chi connectivity index (χ3n) is 1.54. The van der Waals surface area contributed by atoms with E-state index in [1.165, 1.54) is 0 Å². The van der Waals surface area contributed by atoms with Gasteiger partial charge in [-0.15, -0.1) is 0 Å². The summed E-state index contributed by atoms with van der Waals surface area (Å²) in [6.45, 7) is 1.80. The maximum Gasteiger partial charge on any atom is 0.167 e. The van der Waals surface area contributed by atoms with Gasteiger partial charge >= 0.3 is 0 Å². The largest absolute Gasteiger partial charge is 0.393 e. The topological polar surface area (TPSA) is 38.1 Å². The predicted octanol–water partition coefficient (Wildman–Crippen LogP) is 1.28. The Hall–Kier alpha value is -0.480. The zero-order valence-electron chi connectivity index (χ0n) is 7.40. The predicted molar refractivity (Wildman–Crippen MR) is 50.2 cm³/mol. The SMILES string of the molecule is CC(O)CCSc1nccn1C. The Morgan fingerprint density at radius 1 is 1.75 bits per heavy atom. The van der Waals surface area contributed by atoms with Crippen molar-refractivity contribution in [1.29, 1.82) is 0 Å². The van der Waals surface area contributed by atoms with Crippen LogP contribution in [-0.2, 0) is 7.05 Å². The number of imidazole rings is 1. The van der Waals surface area contributed by atoms with E-state index in [0.29, 0.717) is 0 Å². The molecule has 0 radical (unpaired) electrons. The van der Waals surface area contributed by atoms with Crippen molar-refractivity contribution in [3.05, 3.63) is 12.4 Å². The molecule has 0 saturated heterocycles. The number of aromatic nitrogens is 2. The van der Waals surface area contributed by atoms with E-state index >= 15 is 0 Å². The van der Waals surface area contributed by atoms with Crippen LogP contribution >= 0.6 is 11.8 Å². The summed E-state index contributed by atoms with van der Waals surface area (Å²) in [5.74, 6) is 0.919. The summed E-state index contributed by atoms with van der Waals surface area (Å²) in [7, 11) is 1.97. The molecule has 3 nitrogen and oxygen atoms in total. The van der Waals surface area contributed by atoms with E-state index < -0.39 is 0 Å². The van der Waals surface area contributed by atoms with Crippen molar-refractivity contribution in [1.82, 2.24) is 9.55 Å². The zero-order valence-corrected chi connectivity index (χ0v) is 8.21. The van der Waals surface area contributed by atoms with Crippen LogP contribution in [0.5, 0.6) is 0 Å². The number of thioether (sulfide) groups is 1. The van der Waals surface area contributed by atoms with E-state index in [2.05, 4.69) is 4.98 Å². The second kappa shape index (κ2) is 4.52. The number of aryl methyl sites for hydroxylation is 1. The normalized spacial score (nSPS) is 13.2. The van der Waals surface area contributed by atoms with Crippen LogP contribution in [0.3, 0.4) is 0 Å². The van der Waals surface area contributed by atoms with Crippen molar-refractivity contribution in [3.8, 4) is 0 Å². The number of aliphatic hydroxyl groups excluding tert-OH is 1. The van der Waals surface area contributed by atoms with Gasteiger partial charge in [0.05, 0.1) is 6.10 Å². The Kier molecular flexibility index (Phi) is 3.62. The minimum atomic E-state index is -0.210. The molecule has 1 aromatic rings. The summed E-state index contributed by atoms with van der Waals surface area (Å²) in [5, 5.41) is 10.0. The van der Waals surface area contributed by atoms with Crippen LogP contribution in [0, 0.1) is 0 Å². The van der Waals surface area contributed by atoms with E-state index in [-0.39, 0.29) is 6.10 Å². The molecule has 0 spiro atoms. The summed E-state index contributed by atoms with van der Waals surface area (Å²) in [6, 6.07) is 0. The van der Waals surface area contributed by atoms with Crippen LogP contribution in [0.1, 0.15) is 13.3 Å². The lowest BCUT2D eigenvalue weighted by Crippen LogP contribution is -2.01. The standard InChI is InChI=1S/C8H14N2OS/c1-7(11)3-6-12-8-9-4-5-10(8)2/h4-5,7,11H,3,6H2,1-2H3. The molecular weight excluding hydrogens is 172 g/mol. The number of hydrogen-bond acceptors (Lipinski definition) is 3. The highest BCUT2D eigenvalue weighted by Gasteiger charge is 2.00. The van der Waals surface area contributed by atoms with E-state index in [0.717, 1.165) is 17.3 Å². The average Bonchev–Trinajstić information content (AvgIpc) is 2.36. The van der Waals surface area contributed by atoms with Gasteiger partial charge in [0.15, 0.2) is 5.16 Å². The Labute approximate surface area is 76.8 Å². The smallest absolute Gasteiger partial charge is 0.167 e. The molecule has 1 N–H and O–H groups in total. The molecule has 4 heteroatoms. The van der Waals surface area contributed by atoms with Gasteiger partial charge in [-0.1, -0.05) is 11.8 Å². The molecule has 0 aliphatic rings. The number of hydrogen-bond donors (Lipinski definition) is 1. The molecule has 0 saturated carbocycles. The van der Waals surface area contributed by atoms with Gasteiger partial charge in [0.1, 0.15) is 0 Å². The van der Waals surface area contributed by atoms with Crippen molar-refractivity contribution in [2.24, 2.45) is 7.05 Å². The van der Waals surface area contributed by atoms with Gasteiger partial charge in [0.2, 0.25) is 0 Å². The zero-order chi connectivity index (χ0) is 8.97. The lowest BCUT2D eigenvalue weighted by atomic mass is 10.3. The fraction of sp³-hybridized carbons (Fsp3) is 0.625. The molecule has 0 amide bonds. The van der Waals surface area contributed by atoms with E-state index in [1.54, 1.807) is 24.9 Å². The van der Waals surface area contributed by atoms with Crippen LogP contribution < -0.4 is 0 Å². The second-order valence-corrected chi connectivity index (χ2v) is 3.87. The van der Waals surface area contributed by atoms with Crippen LogP contribution in [0.15, 0.2) is 17.6 Å². The first-order valence-corrected chi connectivity index (χ1v) is 4.97. The monoisotopic (exact) mass is 186 g/mol. The quantitative estimate of drug-likeness (QED) is 0.720. The Bertz CT molecular complexity index is 235. The highest BCUT2D eigenvalue weighted by atomic mass is 32.2. The molecule has 12 heavy (non-hydrogen) atoms. The fourth-order valence-electron chi connectivity index (χ4n) is 0.812. The minimum Gasteiger partial charge on any atom is -0.393 e. The van der Waals surface area contributed by atoms with Gasteiger partial charge in [-0.25, -0.2) is 4.98 Å². The van der Waals surface area contributed by atoms with Crippen molar-refractivity contribution in [3.63, 3.8) is 0 Å². The van der Waals surface area contributed by atoms with Crippen LogP contribution in [0.2, 0.25) is 0 Å². The highest BCUT2D eigenvalue weighted by Crippen LogP contribution is 2.15. The third kappa shape index (κ3) is 2.87. The molecule has 0 aromatic carbocycles. The van der Waals surface area contributed by atoms with Crippen molar-refractivity contribution in [2.45, 2.75) is 24.6 Å². The molecular formula is C8H14N2OS. The number of rotatable bonds is 4. The van der Waals surface area contributed by atoms with Crippen molar-refractivity contribution < 1.29 is 5.11 Å². The first kappa shape index (κ1) is 9.61. The summed E-state index contributed by atoms with van der Waals surface area (Å²) in [4.78, 5) is 4.16. The first-order valence-electron chi connectivity index (χ1n) is 3.98. The minimum absolute atomic E-state index is 0.210. The lowest BCUT2D eigenvalue weighted by Gasteiger charge is -2.03. The van der Waals surface area contributed by atoms with Gasteiger partial charge in [0, 0.05) is 25.2 Å². The van der Waals surface area contributed by atoms with Crippen LogP contribution in [0.4, 0.5) is 0 Å². The molecule has 1 rings (SSSR count). The molecule has 1 heterocycles. The van der Waals surface area contributed by atoms with Gasteiger partial charge < -0.3 is 9.67 Å². The van der Waals surface area contributed by atoms with E-state index in [4.69, 9.17) is 5.11 Å². The third-order valence-corrected chi connectivity index (χ3v) is 2.64. The molecule has 1 aromatic heterocycles. The maximum atomic E-state index is 9.01. The summed E-state index contributed by atoms with van der Waals surface area (Å²) in [6.07, 6.45) is 4.31. The fourth-order valence-corrected chi connectivity index (χ4v) is 1.85. The Morgan fingerprint density at radius 2 is 2.50 bits per heavy atom. The molecule has 68 valence electrons. The van der Waals surface area contributed by atoms with Crippen molar-refractivity contribution >= 4 is 11.8 Å². The van der Waals surface area contributed by atoms with E-state index in [1.807, 2.05) is 17.8 Å².